The summed E-state index contributed by atoms with van der Waals surface area (Å²) in [5.41, 5.74) is 0. The van der Waals surface area contributed by atoms with Crippen LogP contribution in [0.3, 0.4) is 0 Å². The first-order valence-electron chi connectivity index (χ1n) is 3.65. The zero-order valence-electron chi connectivity index (χ0n) is 6.41. The minimum atomic E-state index is -0.850. The largest absolute Gasteiger partial charge is 0.473 e. The van der Waals surface area contributed by atoms with E-state index in [9.17, 15) is 4.79 Å². The Morgan fingerprint density at radius 1 is 1.82 bits per heavy atom. The second-order valence-corrected chi connectivity index (χ2v) is 3.60. The molecule has 62 valence electrons. The molecule has 0 saturated carbocycles. The lowest BCUT2D eigenvalue weighted by molar-refractivity contribution is 0.222. The smallest absolute Gasteiger partial charge is 0.370 e. The Morgan fingerprint density at radius 2 is 2.55 bits per heavy atom. The Labute approximate surface area is 69.9 Å². The maximum Gasteiger partial charge on any atom is 0.370 e. The van der Waals surface area contributed by atoms with Crippen LogP contribution in [-0.2, 0) is 0 Å². The van der Waals surface area contributed by atoms with Crippen LogP contribution in [0.1, 0.15) is 19.8 Å². The number of rotatable bonds is 0. The predicted molar refractivity (Wildman–Crippen MR) is 46.3 cm³/mol. The first kappa shape index (κ1) is 8.59. The standard InChI is InChI=1S/C7H11NO2S/c1-5-3-2-4-8-6(5)11-7(9)10/h5H,2-4H2,1H3,(H,9,10). The Kier molecular flexibility index (Phi) is 2.93. The molecule has 11 heavy (non-hydrogen) atoms. The Bertz CT molecular complexity index is 191. The molecule has 1 aliphatic heterocycles. The van der Waals surface area contributed by atoms with Crippen LogP contribution in [0.15, 0.2) is 4.99 Å². The van der Waals surface area contributed by atoms with E-state index in [1.807, 2.05) is 6.92 Å². The third-order valence-electron chi connectivity index (χ3n) is 1.68. The molecule has 0 fully saturated rings. The highest BCUT2D eigenvalue weighted by Gasteiger charge is 2.17. The number of hydrogen-bond acceptors (Lipinski definition) is 3. The van der Waals surface area contributed by atoms with Gasteiger partial charge in [0.15, 0.2) is 0 Å². The van der Waals surface area contributed by atoms with Crippen LogP contribution in [0, 0.1) is 5.92 Å². The SMILES string of the molecule is CC1CCCN=C1SC(=O)O. The van der Waals surface area contributed by atoms with Crippen molar-refractivity contribution >= 4 is 22.1 Å². The molecule has 0 amide bonds. The third kappa shape index (κ3) is 2.54. The highest BCUT2D eigenvalue weighted by atomic mass is 32.2. The Balaban J connectivity index is 2.53. The van der Waals surface area contributed by atoms with Crippen LogP contribution >= 0.6 is 11.8 Å². The number of nitrogens with zero attached hydrogens (tertiary/aromatic N) is 1. The van der Waals surface area contributed by atoms with E-state index in [-0.39, 0.29) is 0 Å². The molecule has 1 atom stereocenters. The van der Waals surface area contributed by atoms with Gasteiger partial charge in [0.1, 0.15) is 0 Å². The summed E-state index contributed by atoms with van der Waals surface area (Å²) in [4.78, 5) is 14.4. The predicted octanol–water partition coefficient (Wildman–Crippen LogP) is 2.23. The van der Waals surface area contributed by atoms with E-state index >= 15 is 0 Å². The van der Waals surface area contributed by atoms with Gasteiger partial charge in [0.05, 0.1) is 5.04 Å². The molecule has 1 unspecified atom stereocenters. The van der Waals surface area contributed by atoms with Crippen molar-refractivity contribution in [3.8, 4) is 0 Å². The quantitative estimate of drug-likeness (QED) is 0.611. The average molecular weight is 173 g/mol. The summed E-state index contributed by atoms with van der Waals surface area (Å²) in [6, 6.07) is 0. The molecule has 0 bridgehead atoms. The summed E-state index contributed by atoms with van der Waals surface area (Å²) in [5.74, 6) is 0.338. The van der Waals surface area contributed by atoms with Crippen molar-refractivity contribution in [3.05, 3.63) is 0 Å². The first-order valence-corrected chi connectivity index (χ1v) is 4.47. The van der Waals surface area contributed by atoms with Crippen molar-refractivity contribution in [2.75, 3.05) is 6.54 Å². The summed E-state index contributed by atoms with van der Waals surface area (Å²) in [5, 5.41) is 8.40. The molecule has 0 saturated heterocycles. The van der Waals surface area contributed by atoms with Crippen LogP contribution in [0.4, 0.5) is 4.79 Å². The lowest BCUT2D eigenvalue weighted by atomic mass is 10.1. The second-order valence-electron chi connectivity index (χ2n) is 2.63. The zero-order chi connectivity index (χ0) is 8.27. The minimum Gasteiger partial charge on any atom is -0.473 e. The van der Waals surface area contributed by atoms with E-state index in [2.05, 4.69) is 4.99 Å². The van der Waals surface area contributed by atoms with Gasteiger partial charge in [-0.25, -0.2) is 4.79 Å². The number of aliphatic imine (C=N–C) groups is 1. The van der Waals surface area contributed by atoms with Gasteiger partial charge in [-0.2, -0.15) is 0 Å². The molecule has 0 radical (unpaired) electrons. The highest BCUT2D eigenvalue weighted by Crippen LogP contribution is 2.22. The molecule has 0 aromatic rings. The molecule has 1 heterocycles. The molecule has 0 aromatic heterocycles. The van der Waals surface area contributed by atoms with Gasteiger partial charge in [0.25, 0.3) is 0 Å². The molecule has 0 spiro atoms. The molecular formula is C7H11NO2S. The fourth-order valence-corrected chi connectivity index (χ4v) is 1.74. The van der Waals surface area contributed by atoms with Gasteiger partial charge in [-0.15, -0.1) is 0 Å². The van der Waals surface area contributed by atoms with Crippen LogP contribution in [0.5, 0.6) is 0 Å². The lowest BCUT2D eigenvalue weighted by Crippen LogP contribution is -2.14. The van der Waals surface area contributed by atoms with E-state index in [0.717, 1.165) is 36.2 Å². The summed E-state index contributed by atoms with van der Waals surface area (Å²) >= 11 is 0.850. The number of carboxylic acid groups (broad SMARTS) is 1. The van der Waals surface area contributed by atoms with Crippen LogP contribution < -0.4 is 0 Å². The van der Waals surface area contributed by atoms with Crippen LogP contribution in [0.25, 0.3) is 0 Å². The van der Waals surface area contributed by atoms with E-state index in [1.54, 1.807) is 0 Å². The summed E-state index contributed by atoms with van der Waals surface area (Å²) in [6.45, 7) is 2.81. The topological polar surface area (TPSA) is 49.7 Å². The highest BCUT2D eigenvalue weighted by molar-refractivity contribution is 8.26. The molecule has 1 rings (SSSR count). The van der Waals surface area contributed by atoms with E-state index < -0.39 is 5.30 Å². The van der Waals surface area contributed by atoms with Crippen molar-refractivity contribution in [1.82, 2.24) is 0 Å². The van der Waals surface area contributed by atoms with Gasteiger partial charge in [0, 0.05) is 24.2 Å². The van der Waals surface area contributed by atoms with Gasteiger partial charge in [0.2, 0.25) is 0 Å². The van der Waals surface area contributed by atoms with Gasteiger partial charge >= 0.3 is 5.30 Å². The fourth-order valence-electron chi connectivity index (χ4n) is 1.09. The number of carbonyl (C=O) groups is 1. The van der Waals surface area contributed by atoms with Crippen molar-refractivity contribution < 1.29 is 9.90 Å². The van der Waals surface area contributed by atoms with E-state index in [4.69, 9.17) is 5.11 Å². The van der Waals surface area contributed by atoms with Crippen molar-refractivity contribution in [2.24, 2.45) is 10.9 Å². The number of thioether (sulfide) groups is 1. The first-order chi connectivity index (χ1) is 5.20. The molecule has 0 aliphatic carbocycles. The second kappa shape index (κ2) is 3.76. The maximum absolute atomic E-state index is 10.3. The van der Waals surface area contributed by atoms with Crippen LogP contribution in [-0.4, -0.2) is 22.0 Å². The lowest BCUT2D eigenvalue weighted by Gasteiger charge is -2.16. The van der Waals surface area contributed by atoms with Crippen molar-refractivity contribution in [1.29, 1.82) is 0 Å². The number of hydrogen-bond donors (Lipinski definition) is 1. The third-order valence-corrected chi connectivity index (χ3v) is 2.59. The summed E-state index contributed by atoms with van der Waals surface area (Å²) in [6.07, 6.45) is 2.16. The molecule has 0 aromatic carbocycles. The van der Waals surface area contributed by atoms with Gasteiger partial charge in [-0.3, -0.25) is 4.99 Å². The molecule has 1 N–H and O–H groups in total. The zero-order valence-corrected chi connectivity index (χ0v) is 7.23. The van der Waals surface area contributed by atoms with Gasteiger partial charge in [-0.05, 0) is 12.8 Å². The molecule has 4 heteroatoms. The van der Waals surface area contributed by atoms with Gasteiger partial charge < -0.3 is 5.11 Å². The van der Waals surface area contributed by atoms with Crippen molar-refractivity contribution in [3.63, 3.8) is 0 Å². The van der Waals surface area contributed by atoms with E-state index in [0.29, 0.717) is 5.92 Å². The van der Waals surface area contributed by atoms with Gasteiger partial charge in [-0.1, -0.05) is 6.92 Å². The Hall–Kier alpha value is -0.510. The molecule has 1 aliphatic rings. The van der Waals surface area contributed by atoms with Crippen molar-refractivity contribution in [2.45, 2.75) is 19.8 Å². The minimum absolute atomic E-state index is 0.338. The molecular weight excluding hydrogens is 162 g/mol. The molecule has 3 nitrogen and oxygen atoms in total. The normalized spacial score (nSPS) is 24.5. The monoisotopic (exact) mass is 173 g/mol. The Morgan fingerprint density at radius 3 is 3.09 bits per heavy atom. The summed E-state index contributed by atoms with van der Waals surface area (Å²) < 4.78 is 0. The van der Waals surface area contributed by atoms with Crippen LogP contribution in [0.2, 0.25) is 0 Å². The van der Waals surface area contributed by atoms with E-state index in [1.165, 1.54) is 0 Å². The summed E-state index contributed by atoms with van der Waals surface area (Å²) in [7, 11) is 0. The fraction of sp³-hybridized carbons (Fsp3) is 0.714. The average Bonchev–Trinajstić information content (AvgIpc) is 1.93. The maximum atomic E-state index is 10.3.